The molecule has 0 amide bonds. The number of hydrogen-bond acceptors (Lipinski definition) is 3. The fourth-order valence-corrected chi connectivity index (χ4v) is 3.81. The topological polar surface area (TPSA) is 21.3 Å². The Kier molecular flexibility index (Phi) is 5.28. The number of ether oxygens (including phenoxy) is 1. The van der Waals surface area contributed by atoms with Crippen LogP contribution in [0.25, 0.3) is 0 Å². The predicted molar refractivity (Wildman–Crippen MR) is 85.5 cm³/mol. The molecule has 0 aliphatic rings. The van der Waals surface area contributed by atoms with Crippen LogP contribution in [0.5, 0.6) is 5.75 Å². The van der Waals surface area contributed by atoms with Gasteiger partial charge in [0.2, 0.25) is 0 Å². The van der Waals surface area contributed by atoms with Gasteiger partial charge in [0.1, 0.15) is 10.1 Å². The van der Waals surface area contributed by atoms with Crippen molar-refractivity contribution in [3.05, 3.63) is 49.6 Å². The summed E-state index contributed by atoms with van der Waals surface area (Å²) < 4.78 is 7.16. The van der Waals surface area contributed by atoms with Crippen LogP contribution in [0.3, 0.4) is 0 Å². The van der Waals surface area contributed by atoms with Gasteiger partial charge in [0.15, 0.2) is 0 Å². The molecule has 1 heterocycles. The van der Waals surface area contributed by atoms with E-state index in [1.165, 1.54) is 4.88 Å². The molecule has 0 bridgehead atoms. The lowest BCUT2D eigenvalue weighted by Crippen LogP contribution is -2.21. The number of nitrogens with one attached hydrogen (secondary N) is 1. The van der Waals surface area contributed by atoms with E-state index in [1.54, 1.807) is 18.4 Å². The summed E-state index contributed by atoms with van der Waals surface area (Å²) in [5.41, 5.74) is 1.12. The number of benzene rings is 1. The molecule has 1 aromatic heterocycles. The SMILES string of the molecule is CCNC(c1cc(Br)c(Cl)s1)c1ccccc1OC. The molecule has 1 unspecified atom stereocenters. The van der Waals surface area contributed by atoms with Crippen molar-refractivity contribution in [2.45, 2.75) is 13.0 Å². The summed E-state index contributed by atoms with van der Waals surface area (Å²) >= 11 is 11.2. The van der Waals surface area contributed by atoms with Gasteiger partial charge in [-0.2, -0.15) is 0 Å². The van der Waals surface area contributed by atoms with Crippen LogP contribution in [0, 0.1) is 0 Å². The van der Waals surface area contributed by atoms with Crippen LogP contribution in [0.15, 0.2) is 34.8 Å². The Labute approximate surface area is 130 Å². The summed E-state index contributed by atoms with van der Waals surface area (Å²) in [6.45, 7) is 2.96. The number of halogens is 2. The minimum atomic E-state index is 0.0925. The lowest BCUT2D eigenvalue weighted by molar-refractivity contribution is 0.404. The lowest BCUT2D eigenvalue weighted by Gasteiger charge is -2.19. The van der Waals surface area contributed by atoms with Crippen LogP contribution in [-0.4, -0.2) is 13.7 Å². The van der Waals surface area contributed by atoms with Crippen molar-refractivity contribution in [1.82, 2.24) is 5.32 Å². The van der Waals surface area contributed by atoms with E-state index in [2.05, 4.69) is 40.3 Å². The minimum Gasteiger partial charge on any atom is -0.496 e. The summed E-state index contributed by atoms with van der Waals surface area (Å²) in [5.74, 6) is 0.883. The van der Waals surface area contributed by atoms with Crippen molar-refractivity contribution >= 4 is 38.9 Å². The zero-order chi connectivity index (χ0) is 13.8. The second kappa shape index (κ2) is 6.75. The highest BCUT2D eigenvalue weighted by molar-refractivity contribution is 9.10. The molecule has 1 aromatic carbocycles. The standard InChI is InChI=1S/C14H15BrClNOS/c1-3-17-13(12-8-10(15)14(16)19-12)9-6-4-5-7-11(9)18-2/h4-8,13,17H,3H2,1-2H3. The van der Waals surface area contributed by atoms with Gasteiger partial charge >= 0.3 is 0 Å². The highest BCUT2D eigenvalue weighted by Crippen LogP contribution is 2.39. The van der Waals surface area contributed by atoms with E-state index in [9.17, 15) is 0 Å². The van der Waals surface area contributed by atoms with Crippen LogP contribution in [-0.2, 0) is 0 Å². The van der Waals surface area contributed by atoms with Gasteiger partial charge in [-0.15, -0.1) is 11.3 Å². The Hall–Kier alpha value is -0.550. The lowest BCUT2D eigenvalue weighted by atomic mass is 10.0. The molecule has 0 aliphatic heterocycles. The van der Waals surface area contributed by atoms with E-state index in [4.69, 9.17) is 16.3 Å². The first kappa shape index (κ1) is 14.9. The van der Waals surface area contributed by atoms with Crippen LogP contribution in [0.1, 0.15) is 23.4 Å². The second-order valence-corrected chi connectivity index (χ2v) is 6.54. The third-order valence-electron chi connectivity index (χ3n) is 2.81. The van der Waals surface area contributed by atoms with Gasteiger partial charge in [-0.25, -0.2) is 0 Å². The molecule has 2 aromatic rings. The monoisotopic (exact) mass is 359 g/mol. The van der Waals surface area contributed by atoms with Gasteiger partial charge in [0, 0.05) is 14.9 Å². The quantitative estimate of drug-likeness (QED) is 0.821. The first-order chi connectivity index (χ1) is 9.17. The average molecular weight is 361 g/mol. The molecule has 5 heteroatoms. The number of para-hydroxylation sites is 1. The van der Waals surface area contributed by atoms with Crippen molar-refractivity contribution in [2.24, 2.45) is 0 Å². The molecule has 0 radical (unpaired) electrons. The number of rotatable bonds is 5. The third-order valence-corrected chi connectivity index (χ3v) is 5.35. The Bertz CT molecular complexity index is 539. The fraction of sp³-hybridized carbons (Fsp3) is 0.286. The van der Waals surface area contributed by atoms with Gasteiger partial charge in [-0.1, -0.05) is 36.7 Å². The first-order valence-electron chi connectivity index (χ1n) is 5.98. The molecule has 2 nitrogen and oxygen atoms in total. The van der Waals surface area contributed by atoms with Crippen molar-refractivity contribution < 1.29 is 4.74 Å². The maximum absolute atomic E-state index is 6.15. The first-order valence-corrected chi connectivity index (χ1v) is 7.97. The normalized spacial score (nSPS) is 12.4. The molecule has 0 saturated heterocycles. The highest BCUT2D eigenvalue weighted by Gasteiger charge is 2.20. The molecular weight excluding hydrogens is 346 g/mol. The van der Waals surface area contributed by atoms with Crippen molar-refractivity contribution in [3.8, 4) is 5.75 Å². The summed E-state index contributed by atoms with van der Waals surface area (Å²) in [5, 5.41) is 3.48. The fourth-order valence-electron chi connectivity index (χ4n) is 1.98. The highest BCUT2D eigenvalue weighted by atomic mass is 79.9. The molecule has 0 spiro atoms. The van der Waals surface area contributed by atoms with Crippen molar-refractivity contribution in [3.63, 3.8) is 0 Å². The van der Waals surface area contributed by atoms with Crippen molar-refractivity contribution in [1.29, 1.82) is 0 Å². The largest absolute Gasteiger partial charge is 0.496 e. The molecule has 1 atom stereocenters. The van der Waals surface area contributed by atoms with Gasteiger partial charge < -0.3 is 10.1 Å². The average Bonchev–Trinajstić information content (AvgIpc) is 2.76. The third kappa shape index (κ3) is 3.31. The van der Waals surface area contributed by atoms with E-state index in [1.807, 2.05) is 18.2 Å². The Morgan fingerprint density at radius 2 is 2.16 bits per heavy atom. The Morgan fingerprint density at radius 3 is 2.74 bits per heavy atom. The van der Waals surface area contributed by atoms with Crippen molar-refractivity contribution in [2.75, 3.05) is 13.7 Å². The van der Waals surface area contributed by atoms with E-state index < -0.39 is 0 Å². The number of hydrogen-bond donors (Lipinski definition) is 1. The van der Waals surface area contributed by atoms with Crippen LogP contribution < -0.4 is 10.1 Å². The van der Waals surface area contributed by atoms with Crippen LogP contribution in [0.2, 0.25) is 4.34 Å². The maximum Gasteiger partial charge on any atom is 0.124 e. The Morgan fingerprint density at radius 1 is 1.42 bits per heavy atom. The molecule has 2 rings (SSSR count). The second-order valence-electron chi connectivity index (χ2n) is 4.00. The molecular formula is C14H15BrClNOS. The van der Waals surface area contributed by atoms with Gasteiger partial charge in [0.25, 0.3) is 0 Å². The molecule has 19 heavy (non-hydrogen) atoms. The maximum atomic E-state index is 6.15. The van der Waals surface area contributed by atoms with Gasteiger partial charge in [-0.3, -0.25) is 0 Å². The summed E-state index contributed by atoms with van der Waals surface area (Å²) in [7, 11) is 1.69. The molecule has 1 N–H and O–H groups in total. The molecule has 0 saturated carbocycles. The summed E-state index contributed by atoms with van der Waals surface area (Å²) in [6.07, 6.45) is 0. The zero-order valence-electron chi connectivity index (χ0n) is 10.7. The number of thiophene rings is 1. The zero-order valence-corrected chi connectivity index (χ0v) is 13.9. The summed E-state index contributed by atoms with van der Waals surface area (Å²) in [6, 6.07) is 10.2. The van der Waals surface area contributed by atoms with E-state index >= 15 is 0 Å². The predicted octanol–water partition coefficient (Wildman–Crippen LogP) is 4.87. The van der Waals surface area contributed by atoms with Gasteiger partial charge in [-0.05, 0) is 34.6 Å². The number of methoxy groups -OCH3 is 1. The van der Waals surface area contributed by atoms with E-state index in [0.717, 1.165) is 26.7 Å². The van der Waals surface area contributed by atoms with Crippen LogP contribution >= 0.6 is 38.9 Å². The summed E-state index contributed by atoms with van der Waals surface area (Å²) in [4.78, 5) is 1.17. The Balaban J connectivity index is 2.44. The van der Waals surface area contributed by atoms with Crippen LogP contribution in [0.4, 0.5) is 0 Å². The van der Waals surface area contributed by atoms with E-state index in [0.29, 0.717) is 0 Å². The van der Waals surface area contributed by atoms with Gasteiger partial charge in [0.05, 0.1) is 13.2 Å². The van der Waals surface area contributed by atoms with E-state index in [-0.39, 0.29) is 6.04 Å². The molecule has 0 aliphatic carbocycles. The molecule has 0 fully saturated rings. The smallest absolute Gasteiger partial charge is 0.124 e. The minimum absolute atomic E-state index is 0.0925. The molecule has 102 valence electrons.